The van der Waals surface area contributed by atoms with E-state index in [-0.39, 0.29) is 0 Å². The van der Waals surface area contributed by atoms with E-state index in [4.69, 9.17) is 0 Å². The minimum absolute atomic E-state index is 0.441. The summed E-state index contributed by atoms with van der Waals surface area (Å²) in [6.45, 7) is 4.93. The van der Waals surface area contributed by atoms with E-state index in [9.17, 15) is 0 Å². The van der Waals surface area contributed by atoms with Crippen LogP contribution in [0.4, 0.5) is 11.9 Å². The molecule has 0 aromatic carbocycles. The average Bonchev–Trinajstić information content (AvgIpc) is 3.23. The van der Waals surface area contributed by atoms with Crippen LogP contribution < -0.4 is 15.1 Å². The fraction of sp³-hybridized carbons (Fsp3) is 0.556. The molecule has 132 valence electrons. The maximum Gasteiger partial charge on any atom is 0.225 e. The minimum atomic E-state index is 0.441. The summed E-state index contributed by atoms with van der Waals surface area (Å²) in [7, 11) is 0. The van der Waals surface area contributed by atoms with Crippen molar-refractivity contribution in [3.63, 3.8) is 0 Å². The molecule has 2 aromatic rings. The van der Waals surface area contributed by atoms with Gasteiger partial charge in [0.25, 0.3) is 0 Å². The van der Waals surface area contributed by atoms with Gasteiger partial charge in [0.1, 0.15) is 0 Å². The van der Waals surface area contributed by atoms with Crippen LogP contribution in [0.1, 0.15) is 31.2 Å². The summed E-state index contributed by atoms with van der Waals surface area (Å²) in [4.78, 5) is 22.3. The molecule has 2 aliphatic rings. The normalized spacial score (nSPS) is 20.9. The second kappa shape index (κ2) is 7.74. The molecular formula is C18H25N7. The van der Waals surface area contributed by atoms with Gasteiger partial charge in [-0.15, -0.1) is 0 Å². The molecule has 1 atom stereocenters. The number of rotatable bonds is 5. The van der Waals surface area contributed by atoms with Gasteiger partial charge in [-0.25, -0.2) is 19.9 Å². The van der Waals surface area contributed by atoms with Crippen molar-refractivity contribution >= 4 is 11.9 Å². The molecule has 0 amide bonds. The van der Waals surface area contributed by atoms with Crippen LogP contribution in [-0.4, -0.2) is 52.2 Å². The number of hydrogen-bond acceptors (Lipinski definition) is 7. The van der Waals surface area contributed by atoms with E-state index in [1.54, 1.807) is 12.4 Å². The number of hydrogen-bond donors (Lipinski definition) is 1. The van der Waals surface area contributed by atoms with E-state index < -0.39 is 0 Å². The molecule has 2 aliphatic heterocycles. The SMILES string of the molecule is c1cnc(N2CCC[C@H](NCc3cnc(N4CCCC4)nc3)C2)nc1. The molecule has 4 rings (SSSR count). The average molecular weight is 339 g/mol. The summed E-state index contributed by atoms with van der Waals surface area (Å²) >= 11 is 0. The largest absolute Gasteiger partial charge is 0.341 e. The van der Waals surface area contributed by atoms with E-state index in [2.05, 4.69) is 35.1 Å². The first-order chi connectivity index (χ1) is 12.4. The van der Waals surface area contributed by atoms with Crippen LogP contribution in [0.5, 0.6) is 0 Å². The van der Waals surface area contributed by atoms with Crippen molar-refractivity contribution < 1.29 is 0 Å². The smallest absolute Gasteiger partial charge is 0.225 e. The Kier molecular flexibility index (Phi) is 5.01. The molecule has 0 saturated carbocycles. The van der Waals surface area contributed by atoms with Crippen molar-refractivity contribution in [3.05, 3.63) is 36.4 Å². The van der Waals surface area contributed by atoms with E-state index >= 15 is 0 Å². The standard InChI is InChI=1S/C18H25N7/c1-2-9-24(8-1)18-22-12-15(13-23-18)11-21-16-5-3-10-25(14-16)17-19-6-4-7-20-17/h4,6-7,12-13,16,21H,1-3,5,8-11,14H2/t16-/m0/s1. The third-order valence-corrected chi connectivity index (χ3v) is 4.93. The third-order valence-electron chi connectivity index (χ3n) is 4.93. The summed E-state index contributed by atoms with van der Waals surface area (Å²) in [6, 6.07) is 2.30. The van der Waals surface area contributed by atoms with E-state index in [1.165, 1.54) is 19.3 Å². The van der Waals surface area contributed by atoms with Gasteiger partial charge in [-0.05, 0) is 31.7 Å². The zero-order valence-corrected chi connectivity index (χ0v) is 14.5. The van der Waals surface area contributed by atoms with Gasteiger partial charge in [0.2, 0.25) is 11.9 Å². The van der Waals surface area contributed by atoms with Gasteiger partial charge in [0, 0.05) is 69.1 Å². The first-order valence-corrected chi connectivity index (χ1v) is 9.20. The zero-order valence-electron chi connectivity index (χ0n) is 14.5. The minimum Gasteiger partial charge on any atom is -0.341 e. The molecule has 2 fully saturated rings. The fourth-order valence-electron chi connectivity index (χ4n) is 3.56. The monoisotopic (exact) mass is 339 g/mol. The Morgan fingerprint density at radius 1 is 0.880 bits per heavy atom. The van der Waals surface area contributed by atoms with Gasteiger partial charge in [0.05, 0.1) is 0 Å². The van der Waals surface area contributed by atoms with Crippen molar-refractivity contribution in [2.24, 2.45) is 0 Å². The lowest BCUT2D eigenvalue weighted by Crippen LogP contribution is -2.46. The quantitative estimate of drug-likeness (QED) is 0.888. The lowest BCUT2D eigenvalue weighted by molar-refractivity contribution is 0.418. The number of anilines is 2. The molecule has 2 saturated heterocycles. The predicted molar refractivity (Wildman–Crippen MR) is 97.6 cm³/mol. The first kappa shape index (κ1) is 16.2. The number of nitrogens with one attached hydrogen (secondary N) is 1. The highest BCUT2D eigenvalue weighted by Gasteiger charge is 2.21. The number of nitrogens with zero attached hydrogens (tertiary/aromatic N) is 6. The highest BCUT2D eigenvalue weighted by atomic mass is 15.3. The second-order valence-electron chi connectivity index (χ2n) is 6.80. The van der Waals surface area contributed by atoms with Crippen LogP contribution >= 0.6 is 0 Å². The Balaban J connectivity index is 1.30. The van der Waals surface area contributed by atoms with Crippen LogP contribution in [0.25, 0.3) is 0 Å². The summed E-state index contributed by atoms with van der Waals surface area (Å²) in [5.74, 6) is 1.69. The Labute approximate surface area is 148 Å². The van der Waals surface area contributed by atoms with Crippen LogP contribution in [0.2, 0.25) is 0 Å². The van der Waals surface area contributed by atoms with Gasteiger partial charge in [-0.3, -0.25) is 0 Å². The first-order valence-electron chi connectivity index (χ1n) is 9.20. The van der Waals surface area contributed by atoms with E-state index in [0.717, 1.165) is 56.6 Å². The zero-order chi connectivity index (χ0) is 16.9. The molecule has 1 N–H and O–H groups in total. The van der Waals surface area contributed by atoms with Gasteiger partial charge < -0.3 is 15.1 Å². The summed E-state index contributed by atoms with van der Waals surface area (Å²) in [6.07, 6.45) is 12.3. The molecule has 0 radical (unpaired) electrons. The lowest BCUT2D eigenvalue weighted by Gasteiger charge is -2.33. The van der Waals surface area contributed by atoms with Crippen molar-refractivity contribution in [3.8, 4) is 0 Å². The third kappa shape index (κ3) is 4.04. The lowest BCUT2D eigenvalue weighted by atomic mass is 10.1. The second-order valence-corrected chi connectivity index (χ2v) is 6.80. The molecule has 0 spiro atoms. The highest BCUT2D eigenvalue weighted by molar-refractivity contribution is 5.31. The number of aromatic nitrogens is 4. The fourth-order valence-corrected chi connectivity index (χ4v) is 3.56. The number of piperidine rings is 1. The molecule has 4 heterocycles. The van der Waals surface area contributed by atoms with E-state index in [1.807, 2.05) is 18.5 Å². The van der Waals surface area contributed by atoms with Gasteiger partial charge in [0.15, 0.2) is 0 Å². The van der Waals surface area contributed by atoms with Crippen LogP contribution in [0, 0.1) is 0 Å². The van der Waals surface area contributed by atoms with Crippen LogP contribution in [0.3, 0.4) is 0 Å². The molecule has 0 aliphatic carbocycles. The van der Waals surface area contributed by atoms with Crippen LogP contribution in [0.15, 0.2) is 30.9 Å². The maximum absolute atomic E-state index is 4.53. The molecule has 0 unspecified atom stereocenters. The molecular weight excluding hydrogens is 314 g/mol. The Bertz CT molecular complexity index is 655. The van der Waals surface area contributed by atoms with Gasteiger partial charge in [-0.2, -0.15) is 0 Å². The van der Waals surface area contributed by atoms with Crippen LogP contribution in [-0.2, 0) is 6.54 Å². The van der Waals surface area contributed by atoms with Gasteiger partial charge >= 0.3 is 0 Å². The van der Waals surface area contributed by atoms with Crippen molar-refractivity contribution in [2.45, 2.75) is 38.3 Å². The molecule has 2 aromatic heterocycles. The maximum atomic E-state index is 4.53. The summed E-state index contributed by atoms with van der Waals surface area (Å²) in [5.41, 5.74) is 1.14. The molecule has 7 heteroatoms. The highest BCUT2D eigenvalue weighted by Crippen LogP contribution is 2.17. The predicted octanol–water partition coefficient (Wildman–Crippen LogP) is 1.63. The van der Waals surface area contributed by atoms with Crippen molar-refractivity contribution in [1.29, 1.82) is 0 Å². The molecule has 0 bridgehead atoms. The molecule has 25 heavy (non-hydrogen) atoms. The summed E-state index contributed by atoms with van der Waals surface area (Å²) in [5, 5.41) is 3.64. The van der Waals surface area contributed by atoms with Crippen molar-refractivity contribution in [1.82, 2.24) is 25.3 Å². The Morgan fingerprint density at radius 2 is 1.56 bits per heavy atom. The topological polar surface area (TPSA) is 70.1 Å². The van der Waals surface area contributed by atoms with Crippen molar-refractivity contribution in [2.75, 3.05) is 36.0 Å². The molecule has 7 nitrogen and oxygen atoms in total. The Hall–Kier alpha value is -2.28. The summed E-state index contributed by atoms with van der Waals surface area (Å²) < 4.78 is 0. The Morgan fingerprint density at radius 3 is 2.32 bits per heavy atom. The van der Waals surface area contributed by atoms with Gasteiger partial charge in [-0.1, -0.05) is 0 Å². The van der Waals surface area contributed by atoms with E-state index in [0.29, 0.717) is 6.04 Å².